The van der Waals surface area contributed by atoms with Crippen LogP contribution in [0.3, 0.4) is 0 Å². The first-order valence-corrected chi connectivity index (χ1v) is 5.38. The molecule has 0 amide bonds. The van der Waals surface area contributed by atoms with Gasteiger partial charge in [0, 0.05) is 6.42 Å². The summed E-state index contributed by atoms with van der Waals surface area (Å²) in [4.78, 5) is 11.9. The summed E-state index contributed by atoms with van der Waals surface area (Å²) in [5.74, 6) is 1.33. The fourth-order valence-corrected chi connectivity index (χ4v) is 1.83. The molecule has 1 aliphatic rings. The molecule has 0 N–H and O–H groups in total. The number of fused-ring (bicyclic) bond motifs is 1. The number of hydrogen-bond acceptors (Lipinski definition) is 2. The number of carbonyl (C=O) groups excluding carboxylic acids is 1. The summed E-state index contributed by atoms with van der Waals surface area (Å²) >= 11 is 0. The zero-order valence-electron chi connectivity index (χ0n) is 9.41. The predicted octanol–water partition coefficient (Wildman–Crippen LogP) is 2.98. The van der Waals surface area contributed by atoms with Crippen molar-refractivity contribution in [1.82, 2.24) is 0 Å². The van der Waals surface area contributed by atoms with Crippen LogP contribution in [0.4, 0.5) is 0 Å². The Balaban J connectivity index is 2.37. The van der Waals surface area contributed by atoms with Crippen LogP contribution in [0.5, 0.6) is 5.75 Å². The van der Waals surface area contributed by atoms with Crippen LogP contribution in [0.2, 0.25) is 0 Å². The van der Waals surface area contributed by atoms with Crippen LogP contribution in [0.1, 0.15) is 36.2 Å². The molecule has 2 heteroatoms. The summed E-state index contributed by atoms with van der Waals surface area (Å²) in [5, 5.41) is 0. The molecule has 0 aliphatic carbocycles. The van der Waals surface area contributed by atoms with Gasteiger partial charge in [0.2, 0.25) is 0 Å². The third kappa shape index (κ3) is 1.89. The molecule has 15 heavy (non-hydrogen) atoms. The summed E-state index contributed by atoms with van der Waals surface area (Å²) < 4.78 is 5.80. The number of aryl methyl sites for hydroxylation is 1. The highest BCUT2D eigenvalue weighted by Crippen LogP contribution is 2.30. The standard InChI is InChI=1S/C13H16O2/c1-8(2)13-7-11(14)10-6-9(3)4-5-12(10)15-13/h4-6,8,13H,7H2,1-3H3. The van der Waals surface area contributed by atoms with Crippen molar-refractivity contribution in [2.24, 2.45) is 5.92 Å². The highest BCUT2D eigenvalue weighted by Gasteiger charge is 2.28. The van der Waals surface area contributed by atoms with Crippen molar-refractivity contribution in [3.05, 3.63) is 29.3 Å². The summed E-state index contributed by atoms with van der Waals surface area (Å²) in [5.41, 5.74) is 1.85. The molecule has 2 rings (SSSR count). The first kappa shape index (κ1) is 10.2. The summed E-state index contributed by atoms with van der Waals surface area (Å²) in [6.45, 7) is 6.15. The van der Waals surface area contributed by atoms with Crippen molar-refractivity contribution in [2.75, 3.05) is 0 Å². The molecule has 0 spiro atoms. The molecule has 0 bridgehead atoms. The van der Waals surface area contributed by atoms with Gasteiger partial charge in [0.1, 0.15) is 11.9 Å². The van der Waals surface area contributed by atoms with Crippen LogP contribution in [-0.2, 0) is 0 Å². The van der Waals surface area contributed by atoms with Gasteiger partial charge in [-0.1, -0.05) is 25.5 Å². The van der Waals surface area contributed by atoms with E-state index in [4.69, 9.17) is 4.74 Å². The van der Waals surface area contributed by atoms with Gasteiger partial charge in [0.15, 0.2) is 5.78 Å². The van der Waals surface area contributed by atoms with Crippen molar-refractivity contribution in [3.63, 3.8) is 0 Å². The fourth-order valence-electron chi connectivity index (χ4n) is 1.83. The predicted molar refractivity (Wildman–Crippen MR) is 59.4 cm³/mol. The lowest BCUT2D eigenvalue weighted by Gasteiger charge is -2.28. The van der Waals surface area contributed by atoms with E-state index in [2.05, 4.69) is 13.8 Å². The number of carbonyl (C=O) groups is 1. The molecule has 1 atom stereocenters. The van der Waals surface area contributed by atoms with Crippen molar-refractivity contribution in [3.8, 4) is 5.75 Å². The second kappa shape index (κ2) is 3.69. The van der Waals surface area contributed by atoms with Gasteiger partial charge in [-0.25, -0.2) is 0 Å². The summed E-state index contributed by atoms with van der Waals surface area (Å²) in [6, 6.07) is 5.79. The lowest BCUT2D eigenvalue weighted by Crippen LogP contribution is -2.31. The van der Waals surface area contributed by atoms with Gasteiger partial charge in [-0.15, -0.1) is 0 Å². The number of hydrogen-bond donors (Lipinski definition) is 0. The minimum Gasteiger partial charge on any atom is -0.489 e. The smallest absolute Gasteiger partial charge is 0.170 e. The first-order chi connectivity index (χ1) is 7.08. The second-order valence-corrected chi connectivity index (χ2v) is 4.53. The molecular weight excluding hydrogens is 188 g/mol. The van der Waals surface area contributed by atoms with Gasteiger partial charge >= 0.3 is 0 Å². The molecule has 1 unspecified atom stereocenters. The van der Waals surface area contributed by atoms with Gasteiger partial charge in [-0.3, -0.25) is 4.79 Å². The average Bonchev–Trinajstić information content (AvgIpc) is 2.18. The topological polar surface area (TPSA) is 26.3 Å². The lowest BCUT2D eigenvalue weighted by molar-refractivity contribution is 0.0772. The maximum atomic E-state index is 11.9. The molecule has 1 aliphatic heterocycles. The number of Topliss-reactive ketones (excluding diaryl/α,β-unsaturated/α-hetero) is 1. The molecule has 0 saturated heterocycles. The second-order valence-electron chi connectivity index (χ2n) is 4.53. The van der Waals surface area contributed by atoms with E-state index in [0.29, 0.717) is 12.3 Å². The van der Waals surface area contributed by atoms with Crippen molar-refractivity contribution < 1.29 is 9.53 Å². The monoisotopic (exact) mass is 204 g/mol. The van der Waals surface area contributed by atoms with Crippen molar-refractivity contribution in [1.29, 1.82) is 0 Å². The first-order valence-electron chi connectivity index (χ1n) is 5.38. The normalized spacial score (nSPS) is 20.0. The minimum absolute atomic E-state index is 0.0349. The maximum Gasteiger partial charge on any atom is 0.170 e. The van der Waals surface area contributed by atoms with E-state index >= 15 is 0 Å². The molecule has 0 radical (unpaired) electrons. The van der Waals surface area contributed by atoms with Crippen LogP contribution < -0.4 is 4.74 Å². The molecule has 0 fully saturated rings. The Morgan fingerprint density at radius 2 is 2.13 bits per heavy atom. The molecule has 0 saturated carbocycles. The Labute approximate surface area is 90.3 Å². The third-order valence-electron chi connectivity index (χ3n) is 2.84. The van der Waals surface area contributed by atoms with Gasteiger partial charge < -0.3 is 4.74 Å². The van der Waals surface area contributed by atoms with Crippen molar-refractivity contribution in [2.45, 2.75) is 33.3 Å². The molecule has 2 nitrogen and oxygen atoms in total. The van der Waals surface area contributed by atoms with E-state index in [1.165, 1.54) is 0 Å². The van der Waals surface area contributed by atoms with Crippen LogP contribution >= 0.6 is 0 Å². The number of ether oxygens (including phenoxy) is 1. The van der Waals surface area contributed by atoms with E-state index in [9.17, 15) is 4.79 Å². The summed E-state index contributed by atoms with van der Waals surface area (Å²) in [6.07, 6.45) is 0.543. The zero-order valence-corrected chi connectivity index (χ0v) is 9.41. The molecule has 80 valence electrons. The maximum absolute atomic E-state index is 11.9. The van der Waals surface area contributed by atoms with Crippen LogP contribution in [0.25, 0.3) is 0 Å². The van der Waals surface area contributed by atoms with Gasteiger partial charge in [0.05, 0.1) is 5.56 Å². The molecular formula is C13H16O2. The number of ketones is 1. The Morgan fingerprint density at radius 3 is 2.80 bits per heavy atom. The third-order valence-corrected chi connectivity index (χ3v) is 2.84. The van der Waals surface area contributed by atoms with Gasteiger partial charge in [-0.2, -0.15) is 0 Å². The van der Waals surface area contributed by atoms with Crippen LogP contribution in [-0.4, -0.2) is 11.9 Å². The SMILES string of the molecule is Cc1ccc2c(c1)C(=O)CC(C(C)C)O2. The fraction of sp³-hybridized carbons (Fsp3) is 0.462. The zero-order chi connectivity index (χ0) is 11.0. The lowest BCUT2D eigenvalue weighted by atomic mass is 9.94. The number of rotatable bonds is 1. The highest BCUT2D eigenvalue weighted by molar-refractivity contribution is 6.00. The Hall–Kier alpha value is -1.31. The molecule has 0 aromatic heterocycles. The van der Waals surface area contributed by atoms with E-state index in [0.717, 1.165) is 16.9 Å². The minimum atomic E-state index is 0.0349. The van der Waals surface area contributed by atoms with Crippen LogP contribution in [0.15, 0.2) is 18.2 Å². The van der Waals surface area contributed by atoms with E-state index in [-0.39, 0.29) is 11.9 Å². The summed E-state index contributed by atoms with van der Waals surface area (Å²) in [7, 11) is 0. The van der Waals surface area contributed by atoms with E-state index < -0.39 is 0 Å². The highest BCUT2D eigenvalue weighted by atomic mass is 16.5. The Morgan fingerprint density at radius 1 is 1.40 bits per heavy atom. The largest absolute Gasteiger partial charge is 0.489 e. The van der Waals surface area contributed by atoms with Gasteiger partial charge in [-0.05, 0) is 25.0 Å². The van der Waals surface area contributed by atoms with Gasteiger partial charge in [0.25, 0.3) is 0 Å². The average molecular weight is 204 g/mol. The molecule has 1 aromatic rings. The van der Waals surface area contributed by atoms with E-state index in [1.54, 1.807) is 0 Å². The van der Waals surface area contributed by atoms with Crippen LogP contribution in [0, 0.1) is 12.8 Å². The quantitative estimate of drug-likeness (QED) is 0.703. The number of benzene rings is 1. The van der Waals surface area contributed by atoms with Crippen molar-refractivity contribution >= 4 is 5.78 Å². The molecule has 1 aromatic carbocycles. The Bertz CT molecular complexity index is 394. The van der Waals surface area contributed by atoms with E-state index in [1.807, 2.05) is 25.1 Å². The Kier molecular flexibility index (Phi) is 2.51. The molecule has 1 heterocycles.